The van der Waals surface area contributed by atoms with Crippen molar-refractivity contribution in [2.75, 3.05) is 13.1 Å². The molecule has 1 saturated heterocycles. The summed E-state index contributed by atoms with van der Waals surface area (Å²) >= 11 is 0. The SMILES string of the molecule is O=C(CC1N=NN=C1CC(=O)N[C@H]1Cc2cccc(C(=O)O)c2OB1O)N[C@H]1CCNC1. The number of carbonyl (C=O) groups is 3. The Hall–Kier alpha value is -3.32. The summed E-state index contributed by atoms with van der Waals surface area (Å²) in [5.41, 5.74) is 0.881. The molecule has 0 radical (unpaired) electrons. The van der Waals surface area contributed by atoms with Gasteiger partial charge in [-0.1, -0.05) is 12.1 Å². The van der Waals surface area contributed by atoms with Crippen molar-refractivity contribution in [1.29, 1.82) is 0 Å². The van der Waals surface area contributed by atoms with E-state index in [2.05, 4.69) is 31.4 Å². The molecule has 3 aliphatic heterocycles. The van der Waals surface area contributed by atoms with E-state index in [1.807, 2.05) is 0 Å². The van der Waals surface area contributed by atoms with Crippen molar-refractivity contribution in [2.45, 2.75) is 43.7 Å². The second-order valence-electron chi connectivity index (χ2n) is 7.94. The van der Waals surface area contributed by atoms with Gasteiger partial charge in [-0.3, -0.25) is 9.59 Å². The number of carboxylic acid groups (broad SMARTS) is 1. The van der Waals surface area contributed by atoms with Crippen LogP contribution in [0, 0.1) is 0 Å². The Morgan fingerprint density at radius 3 is 2.84 bits per heavy atom. The van der Waals surface area contributed by atoms with Gasteiger partial charge in [-0.25, -0.2) is 4.79 Å². The second-order valence-corrected chi connectivity index (χ2v) is 7.94. The van der Waals surface area contributed by atoms with Crippen LogP contribution in [0.2, 0.25) is 0 Å². The van der Waals surface area contributed by atoms with Crippen LogP contribution in [0.5, 0.6) is 5.75 Å². The predicted molar refractivity (Wildman–Crippen MR) is 112 cm³/mol. The molecule has 1 aromatic rings. The first-order valence-corrected chi connectivity index (χ1v) is 10.4. The highest BCUT2D eigenvalue weighted by Crippen LogP contribution is 2.30. The Morgan fingerprint density at radius 1 is 1.25 bits per heavy atom. The number of benzene rings is 1. The first-order valence-electron chi connectivity index (χ1n) is 10.4. The standard InChI is InChI=1S/C19H23BN6O6/c27-16(22-11-4-5-21-9-11)7-13-14(25-26-24-13)8-17(28)23-15-6-10-2-1-3-12(19(29)30)18(10)32-20(15)31/h1-3,11,13,15,21,31H,4-9H2,(H,22,27)(H,23,28)(H,29,30)/t11-,13?,15-/m0/s1. The van der Waals surface area contributed by atoms with Crippen LogP contribution in [0.1, 0.15) is 35.2 Å². The van der Waals surface area contributed by atoms with Gasteiger partial charge in [-0.05, 0) is 36.2 Å². The summed E-state index contributed by atoms with van der Waals surface area (Å²) in [4.78, 5) is 36.2. The first kappa shape index (κ1) is 21.9. The summed E-state index contributed by atoms with van der Waals surface area (Å²) in [7, 11) is -1.41. The monoisotopic (exact) mass is 442 g/mol. The Labute approximate surface area is 183 Å². The van der Waals surface area contributed by atoms with Gasteiger partial charge in [-0.15, -0.1) is 5.10 Å². The van der Waals surface area contributed by atoms with Gasteiger partial charge in [0.15, 0.2) is 0 Å². The Bertz CT molecular complexity index is 979. The molecule has 1 fully saturated rings. The van der Waals surface area contributed by atoms with Crippen molar-refractivity contribution in [2.24, 2.45) is 15.4 Å². The highest BCUT2D eigenvalue weighted by molar-refractivity contribution is 6.47. The van der Waals surface area contributed by atoms with Crippen LogP contribution in [-0.2, 0) is 16.0 Å². The molecule has 3 aliphatic rings. The zero-order valence-corrected chi connectivity index (χ0v) is 17.2. The number of nitrogens with zero attached hydrogens (tertiary/aromatic N) is 3. The average Bonchev–Trinajstić information content (AvgIpc) is 3.40. The summed E-state index contributed by atoms with van der Waals surface area (Å²) in [6, 6.07) is 4.12. The number of carbonyl (C=O) groups excluding carboxylic acids is 2. The van der Waals surface area contributed by atoms with Crippen LogP contribution >= 0.6 is 0 Å². The van der Waals surface area contributed by atoms with Gasteiger partial charge in [0.2, 0.25) is 11.8 Å². The summed E-state index contributed by atoms with van der Waals surface area (Å²) < 4.78 is 5.38. The molecule has 13 heteroatoms. The molecule has 0 aliphatic carbocycles. The number of para-hydroxylation sites is 1. The Balaban J connectivity index is 1.32. The summed E-state index contributed by atoms with van der Waals surface area (Å²) in [6.45, 7) is 1.59. The molecule has 168 valence electrons. The van der Waals surface area contributed by atoms with E-state index in [0.717, 1.165) is 19.5 Å². The van der Waals surface area contributed by atoms with E-state index in [1.165, 1.54) is 6.07 Å². The van der Waals surface area contributed by atoms with Crippen molar-refractivity contribution in [3.63, 3.8) is 0 Å². The number of amides is 2. The number of rotatable bonds is 7. The molecule has 2 amide bonds. The molecular formula is C19H23BN6O6. The number of nitrogens with one attached hydrogen (secondary N) is 3. The smallest absolute Gasteiger partial charge is 0.534 e. The third-order valence-corrected chi connectivity index (χ3v) is 5.59. The molecule has 12 nitrogen and oxygen atoms in total. The van der Waals surface area contributed by atoms with Crippen LogP contribution in [0.15, 0.2) is 33.6 Å². The maximum Gasteiger partial charge on any atom is 0.547 e. The fourth-order valence-electron chi connectivity index (χ4n) is 3.97. The van der Waals surface area contributed by atoms with Crippen LogP contribution in [0.25, 0.3) is 0 Å². The molecule has 5 N–H and O–H groups in total. The first-order chi connectivity index (χ1) is 15.4. The topological polar surface area (TPSA) is 174 Å². The van der Waals surface area contributed by atoms with E-state index < -0.39 is 31.0 Å². The number of carboxylic acids is 1. The van der Waals surface area contributed by atoms with Crippen LogP contribution < -0.4 is 20.6 Å². The molecule has 0 bridgehead atoms. The van der Waals surface area contributed by atoms with Crippen LogP contribution in [0.4, 0.5) is 0 Å². The van der Waals surface area contributed by atoms with Crippen molar-refractivity contribution < 1.29 is 29.2 Å². The molecule has 4 rings (SSSR count). The molecule has 0 spiro atoms. The number of fused-ring (bicyclic) bond motifs is 1. The highest BCUT2D eigenvalue weighted by atomic mass is 16.5. The van der Waals surface area contributed by atoms with Gasteiger partial charge in [-0.2, -0.15) is 5.11 Å². The van der Waals surface area contributed by atoms with Crippen LogP contribution in [0.3, 0.4) is 0 Å². The number of aromatic carboxylic acids is 1. The van der Waals surface area contributed by atoms with Crippen LogP contribution in [-0.4, -0.2) is 71.9 Å². The quantitative estimate of drug-likeness (QED) is 0.346. The van der Waals surface area contributed by atoms with Crippen molar-refractivity contribution >= 4 is 30.6 Å². The lowest BCUT2D eigenvalue weighted by molar-refractivity contribution is -0.122. The Morgan fingerprint density at radius 2 is 2.09 bits per heavy atom. The van der Waals surface area contributed by atoms with Gasteiger partial charge < -0.3 is 30.7 Å². The van der Waals surface area contributed by atoms with Crippen molar-refractivity contribution in [3.05, 3.63) is 29.3 Å². The average molecular weight is 442 g/mol. The second kappa shape index (κ2) is 9.45. The molecule has 1 aromatic carbocycles. The van der Waals surface area contributed by atoms with E-state index in [-0.39, 0.29) is 42.5 Å². The normalized spacial score (nSPS) is 23.8. The van der Waals surface area contributed by atoms with E-state index in [0.29, 0.717) is 11.3 Å². The molecule has 0 aromatic heterocycles. The zero-order valence-electron chi connectivity index (χ0n) is 17.2. The van der Waals surface area contributed by atoms with Crippen molar-refractivity contribution in [1.82, 2.24) is 16.0 Å². The maximum atomic E-state index is 12.6. The summed E-state index contributed by atoms with van der Waals surface area (Å²) in [6.07, 6.45) is 0.976. The lowest BCUT2D eigenvalue weighted by Crippen LogP contribution is -2.53. The van der Waals surface area contributed by atoms with Gasteiger partial charge in [0.1, 0.15) is 11.8 Å². The third kappa shape index (κ3) is 4.94. The molecule has 3 atom stereocenters. The summed E-state index contributed by atoms with van der Waals surface area (Å²) in [5.74, 6) is -2.46. The van der Waals surface area contributed by atoms with Crippen molar-refractivity contribution in [3.8, 4) is 5.75 Å². The fourth-order valence-corrected chi connectivity index (χ4v) is 3.97. The molecule has 32 heavy (non-hydrogen) atoms. The van der Waals surface area contributed by atoms with E-state index in [4.69, 9.17) is 4.65 Å². The summed E-state index contributed by atoms with van der Waals surface area (Å²) in [5, 5.41) is 39.8. The third-order valence-electron chi connectivity index (χ3n) is 5.59. The minimum Gasteiger partial charge on any atom is -0.534 e. The van der Waals surface area contributed by atoms with Gasteiger partial charge in [0.25, 0.3) is 0 Å². The molecule has 1 unspecified atom stereocenters. The van der Waals surface area contributed by atoms with Gasteiger partial charge in [0, 0.05) is 12.6 Å². The zero-order chi connectivity index (χ0) is 22.7. The number of hydrogen-bond donors (Lipinski definition) is 5. The highest BCUT2D eigenvalue weighted by Gasteiger charge is 2.38. The molecule has 3 heterocycles. The minimum atomic E-state index is -1.41. The predicted octanol–water partition coefficient (Wildman–Crippen LogP) is -0.727. The van der Waals surface area contributed by atoms with E-state index in [9.17, 15) is 24.5 Å². The maximum absolute atomic E-state index is 12.6. The van der Waals surface area contributed by atoms with Gasteiger partial charge in [0.05, 0.1) is 30.1 Å². The van der Waals surface area contributed by atoms with E-state index in [1.54, 1.807) is 12.1 Å². The minimum absolute atomic E-state index is 0.0482. The lowest BCUT2D eigenvalue weighted by Gasteiger charge is -2.29. The number of hydrogen-bond acceptors (Lipinski definition) is 9. The van der Waals surface area contributed by atoms with Gasteiger partial charge >= 0.3 is 13.1 Å². The lowest BCUT2D eigenvalue weighted by atomic mass is 9.72. The Kier molecular flexibility index (Phi) is 6.46. The fraction of sp³-hybridized carbons (Fsp3) is 0.474. The molecule has 0 saturated carbocycles. The van der Waals surface area contributed by atoms with E-state index >= 15 is 0 Å². The molecular weight excluding hydrogens is 419 g/mol. The largest absolute Gasteiger partial charge is 0.547 e.